The van der Waals surface area contributed by atoms with Gasteiger partial charge in [-0.2, -0.15) is 0 Å². The van der Waals surface area contributed by atoms with E-state index in [1.165, 1.54) is 5.57 Å². The van der Waals surface area contributed by atoms with Crippen molar-refractivity contribution in [3.05, 3.63) is 12.2 Å². The number of hydrogen-bond donors (Lipinski definition) is 2. The van der Waals surface area contributed by atoms with Gasteiger partial charge >= 0.3 is 5.97 Å². The lowest BCUT2D eigenvalue weighted by molar-refractivity contribution is -0.197. The molecule has 0 aromatic carbocycles. The van der Waals surface area contributed by atoms with Crippen LogP contribution in [0.4, 0.5) is 0 Å². The summed E-state index contributed by atoms with van der Waals surface area (Å²) in [5, 5.41) is 20.9. The molecule has 4 fully saturated rings. The third-order valence-corrected chi connectivity index (χ3v) is 8.67. The lowest BCUT2D eigenvalue weighted by atomic mass is 9.40. The van der Waals surface area contributed by atoms with Gasteiger partial charge in [0.05, 0.1) is 11.5 Å². The number of aliphatic carboxylic acids is 1. The van der Waals surface area contributed by atoms with Crippen molar-refractivity contribution in [1.82, 2.24) is 0 Å². The smallest absolute Gasteiger partial charge is 0.309 e. The van der Waals surface area contributed by atoms with Crippen molar-refractivity contribution in [2.45, 2.75) is 71.3 Å². The van der Waals surface area contributed by atoms with Crippen molar-refractivity contribution in [1.29, 1.82) is 0 Å². The van der Waals surface area contributed by atoms with Gasteiger partial charge in [-0.05, 0) is 69.1 Å². The highest BCUT2D eigenvalue weighted by atomic mass is 16.4. The summed E-state index contributed by atoms with van der Waals surface area (Å²) in [7, 11) is 0. The van der Waals surface area contributed by atoms with Crippen LogP contribution in [0, 0.1) is 34.0 Å². The van der Waals surface area contributed by atoms with Crippen LogP contribution < -0.4 is 0 Å². The minimum absolute atomic E-state index is 0.0119. The minimum atomic E-state index is -0.616. The number of carbonyl (C=O) groups is 1. The molecule has 3 nitrogen and oxygen atoms in total. The molecule has 0 heterocycles. The summed E-state index contributed by atoms with van der Waals surface area (Å²) < 4.78 is 0. The highest BCUT2D eigenvalue weighted by Gasteiger charge is 2.67. The summed E-state index contributed by atoms with van der Waals surface area (Å²) in [6.45, 7) is 8.58. The van der Waals surface area contributed by atoms with Gasteiger partial charge in [0, 0.05) is 11.3 Å². The Balaban J connectivity index is 1.78. The second-order valence-corrected chi connectivity index (χ2v) is 9.42. The lowest BCUT2D eigenvalue weighted by Crippen LogP contribution is -2.61. The fourth-order valence-corrected chi connectivity index (χ4v) is 7.65. The molecule has 23 heavy (non-hydrogen) atoms. The molecule has 7 atom stereocenters. The molecule has 0 radical (unpaired) electrons. The van der Waals surface area contributed by atoms with E-state index in [1.807, 2.05) is 6.92 Å². The molecule has 0 aromatic rings. The molecule has 4 aliphatic rings. The van der Waals surface area contributed by atoms with Crippen LogP contribution in [0.5, 0.6) is 0 Å². The number of aliphatic hydroxyl groups is 1. The monoisotopic (exact) mass is 318 g/mol. The third-order valence-electron chi connectivity index (χ3n) is 8.67. The predicted octanol–water partition coefficient (Wildman–Crippen LogP) is 4.01. The van der Waals surface area contributed by atoms with Gasteiger partial charge in [0.25, 0.3) is 0 Å². The summed E-state index contributed by atoms with van der Waals surface area (Å²) in [4.78, 5) is 12.0. The van der Waals surface area contributed by atoms with E-state index in [0.717, 1.165) is 51.4 Å². The van der Waals surface area contributed by atoms with Crippen LogP contribution in [0.1, 0.15) is 65.2 Å². The largest absolute Gasteiger partial charge is 0.481 e. The van der Waals surface area contributed by atoms with Crippen LogP contribution in [-0.4, -0.2) is 22.3 Å². The molecule has 1 spiro atoms. The zero-order chi connectivity index (χ0) is 16.6. The topological polar surface area (TPSA) is 57.5 Å². The van der Waals surface area contributed by atoms with Crippen LogP contribution in [0.25, 0.3) is 0 Å². The van der Waals surface area contributed by atoms with Crippen LogP contribution in [0.3, 0.4) is 0 Å². The van der Waals surface area contributed by atoms with Crippen molar-refractivity contribution >= 4 is 5.97 Å². The Morgan fingerprint density at radius 2 is 1.87 bits per heavy atom. The summed E-state index contributed by atoms with van der Waals surface area (Å²) in [6.07, 6.45) is 7.77. The van der Waals surface area contributed by atoms with Gasteiger partial charge in [0.2, 0.25) is 0 Å². The van der Waals surface area contributed by atoms with Crippen LogP contribution in [0.2, 0.25) is 0 Å². The van der Waals surface area contributed by atoms with E-state index in [-0.39, 0.29) is 22.9 Å². The Morgan fingerprint density at radius 3 is 2.57 bits per heavy atom. The van der Waals surface area contributed by atoms with Crippen LogP contribution in [-0.2, 0) is 4.79 Å². The first-order valence-corrected chi connectivity index (χ1v) is 9.35. The fourth-order valence-electron chi connectivity index (χ4n) is 7.65. The molecule has 4 rings (SSSR count). The zero-order valence-electron chi connectivity index (χ0n) is 14.5. The van der Waals surface area contributed by atoms with E-state index in [4.69, 9.17) is 0 Å². The summed E-state index contributed by atoms with van der Waals surface area (Å²) in [5.74, 6) is 0.378. The van der Waals surface area contributed by atoms with E-state index < -0.39 is 11.4 Å². The first kappa shape index (κ1) is 15.7. The normalized spacial score (nSPS) is 55.2. The average molecular weight is 318 g/mol. The second kappa shape index (κ2) is 4.62. The number of carboxylic acids is 1. The molecule has 4 aliphatic carbocycles. The van der Waals surface area contributed by atoms with Crippen LogP contribution >= 0.6 is 0 Å². The Hall–Kier alpha value is -0.830. The zero-order valence-corrected chi connectivity index (χ0v) is 14.5. The van der Waals surface area contributed by atoms with Gasteiger partial charge in [0.15, 0.2) is 0 Å². The summed E-state index contributed by atoms with van der Waals surface area (Å²) in [5.41, 5.74) is 0.702. The molecule has 3 heteroatoms. The molecule has 128 valence electrons. The highest BCUT2D eigenvalue weighted by molar-refractivity contribution is 5.75. The van der Waals surface area contributed by atoms with Crippen molar-refractivity contribution in [3.63, 3.8) is 0 Å². The summed E-state index contributed by atoms with van der Waals surface area (Å²) in [6, 6.07) is 0. The molecular formula is C20H30O3. The van der Waals surface area contributed by atoms with E-state index in [2.05, 4.69) is 13.5 Å². The first-order valence-electron chi connectivity index (χ1n) is 9.35. The van der Waals surface area contributed by atoms with E-state index in [1.54, 1.807) is 0 Å². The molecule has 4 saturated carbocycles. The number of aliphatic hydroxyl groups excluding tert-OH is 1. The van der Waals surface area contributed by atoms with E-state index in [0.29, 0.717) is 11.8 Å². The number of fused-ring (bicyclic) bond motifs is 3. The summed E-state index contributed by atoms with van der Waals surface area (Å²) >= 11 is 0. The van der Waals surface area contributed by atoms with Gasteiger partial charge < -0.3 is 10.2 Å². The average Bonchev–Trinajstić information content (AvgIpc) is 2.63. The van der Waals surface area contributed by atoms with Crippen LogP contribution in [0.15, 0.2) is 12.2 Å². The van der Waals surface area contributed by atoms with Crippen molar-refractivity contribution in [3.8, 4) is 0 Å². The van der Waals surface area contributed by atoms with Gasteiger partial charge in [0.1, 0.15) is 0 Å². The highest BCUT2D eigenvalue weighted by Crippen LogP contribution is 2.72. The standard InChI is InChI=1S/C20H30O3/c1-12-11-20-10-7-14-18(2,8-4-9-19(14,3)17(22)23)15(20)6-5-13(12)16(20)21/h13-16,21H,1,4-11H2,2-3H3,(H,22,23). The SMILES string of the molecule is C=C1CC23CCC4C(C)(C(=O)O)CCCC4(C)C2CCC1C3O. The number of hydrogen-bond acceptors (Lipinski definition) is 2. The van der Waals surface area contributed by atoms with E-state index >= 15 is 0 Å². The van der Waals surface area contributed by atoms with E-state index in [9.17, 15) is 15.0 Å². The van der Waals surface area contributed by atoms with Crippen molar-refractivity contribution < 1.29 is 15.0 Å². The molecule has 7 unspecified atom stereocenters. The molecule has 2 N–H and O–H groups in total. The van der Waals surface area contributed by atoms with Gasteiger partial charge in [-0.3, -0.25) is 4.79 Å². The maximum Gasteiger partial charge on any atom is 0.309 e. The molecule has 2 bridgehead atoms. The first-order chi connectivity index (χ1) is 10.8. The van der Waals surface area contributed by atoms with Crippen molar-refractivity contribution in [2.75, 3.05) is 0 Å². The number of rotatable bonds is 1. The fraction of sp³-hybridized carbons (Fsp3) is 0.850. The molecule has 0 aromatic heterocycles. The minimum Gasteiger partial charge on any atom is -0.481 e. The van der Waals surface area contributed by atoms with Gasteiger partial charge in [-0.25, -0.2) is 0 Å². The molecule has 0 amide bonds. The lowest BCUT2D eigenvalue weighted by Gasteiger charge is -2.64. The second-order valence-electron chi connectivity index (χ2n) is 9.42. The third kappa shape index (κ3) is 1.72. The molecule has 0 saturated heterocycles. The maximum atomic E-state index is 12.0. The maximum absolute atomic E-state index is 12.0. The quantitative estimate of drug-likeness (QED) is 0.718. The Bertz CT molecular complexity index is 569. The Labute approximate surface area is 139 Å². The Kier molecular flexibility index (Phi) is 3.15. The van der Waals surface area contributed by atoms with Gasteiger partial charge in [-0.1, -0.05) is 25.5 Å². The predicted molar refractivity (Wildman–Crippen MR) is 88.8 cm³/mol. The van der Waals surface area contributed by atoms with Gasteiger partial charge in [-0.15, -0.1) is 0 Å². The molecular weight excluding hydrogens is 288 g/mol. The number of carboxylic acid groups (broad SMARTS) is 1. The Morgan fingerprint density at radius 1 is 1.13 bits per heavy atom. The molecule has 0 aliphatic heterocycles. The van der Waals surface area contributed by atoms with Crippen molar-refractivity contribution in [2.24, 2.45) is 34.0 Å².